The molecular weight excluding hydrogens is 227 g/mol. The molecule has 1 aliphatic rings. The number of nitrogens with zero attached hydrogens (tertiary/aromatic N) is 1. The Morgan fingerprint density at radius 1 is 1.33 bits per heavy atom. The molecule has 0 spiro atoms. The molecule has 0 bridgehead atoms. The molecule has 0 aliphatic carbocycles. The molecule has 0 aromatic heterocycles. The Hall–Kier alpha value is -1.09. The van der Waals surface area contributed by atoms with Crippen LogP contribution >= 0.6 is 0 Å². The fourth-order valence-corrected chi connectivity index (χ4v) is 2.79. The third kappa shape index (κ3) is 2.83. The molecule has 1 heterocycles. The highest BCUT2D eigenvalue weighted by molar-refractivity contribution is 5.55. The molecule has 2 atom stereocenters. The van der Waals surface area contributed by atoms with E-state index in [2.05, 4.69) is 24.1 Å². The molecule has 1 aromatic carbocycles. The van der Waals surface area contributed by atoms with Crippen LogP contribution in [-0.4, -0.2) is 19.6 Å². The van der Waals surface area contributed by atoms with Gasteiger partial charge < -0.3 is 10.2 Å². The average Bonchev–Trinajstić information content (AvgIpc) is 2.33. The third-order valence-electron chi connectivity index (χ3n) is 3.84. The van der Waals surface area contributed by atoms with Gasteiger partial charge in [0.1, 0.15) is 5.82 Å². The van der Waals surface area contributed by atoms with Crippen LogP contribution in [0.4, 0.5) is 10.1 Å². The number of halogens is 1. The lowest BCUT2D eigenvalue weighted by Gasteiger charge is -2.39. The van der Waals surface area contributed by atoms with Crippen molar-refractivity contribution in [3.8, 4) is 0 Å². The van der Waals surface area contributed by atoms with E-state index >= 15 is 0 Å². The maximum atomic E-state index is 13.4. The Kier molecular flexibility index (Phi) is 4.23. The summed E-state index contributed by atoms with van der Waals surface area (Å²) in [5, 5.41) is 3.12. The van der Waals surface area contributed by atoms with Crippen molar-refractivity contribution in [2.75, 3.05) is 18.5 Å². The van der Waals surface area contributed by atoms with Crippen molar-refractivity contribution in [3.05, 3.63) is 29.6 Å². The first-order valence-corrected chi connectivity index (χ1v) is 6.81. The largest absolute Gasteiger partial charge is 0.368 e. The first kappa shape index (κ1) is 13.3. The highest BCUT2D eigenvalue weighted by Crippen LogP contribution is 2.30. The number of benzene rings is 1. The summed E-state index contributed by atoms with van der Waals surface area (Å²) in [6, 6.07) is 5.69. The molecule has 2 nitrogen and oxygen atoms in total. The molecule has 0 saturated carbocycles. The Morgan fingerprint density at radius 3 is 2.83 bits per heavy atom. The summed E-state index contributed by atoms with van der Waals surface area (Å²) in [6.45, 7) is 6.34. The monoisotopic (exact) mass is 250 g/mol. The predicted octanol–water partition coefficient (Wildman–Crippen LogP) is 3.17. The van der Waals surface area contributed by atoms with Gasteiger partial charge in [-0.25, -0.2) is 4.39 Å². The maximum Gasteiger partial charge on any atom is 0.123 e. The van der Waals surface area contributed by atoms with E-state index in [1.54, 1.807) is 12.1 Å². The van der Waals surface area contributed by atoms with Crippen molar-refractivity contribution in [2.24, 2.45) is 5.92 Å². The molecule has 0 radical (unpaired) electrons. The molecule has 3 heteroatoms. The summed E-state index contributed by atoms with van der Waals surface area (Å²) in [5.74, 6) is 0.565. The summed E-state index contributed by atoms with van der Waals surface area (Å²) in [5.41, 5.74) is 2.24. The van der Waals surface area contributed by atoms with Crippen LogP contribution in [0.15, 0.2) is 18.2 Å². The molecular formula is C15H23FN2. The van der Waals surface area contributed by atoms with Gasteiger partial charge in [-0.2, -0.15) is 0 Å². The van der Waals surface area contributed by atoms with Crippen molar-refractivity contribution in [1.82, 2.24) is 5.32 Å². The molecule has 2 rings (SSSR count). The minimum Gasteiger partial charge on any atom is -0.368 e. The number of anilines is 1. The topological polar surface area (TPSA) is 15.3 Å². The van der Waals surface area contributed by atoms with Crippen LogP contribution < -0.4 is 10.2 Å². The number of hydrogen-bond acceptors (Lipinski definition) is 2. The van der Waals surface area contributed by atoms with Crippen LogP contribution in [0.1, 0.15) is 32.3 Å². The van der Waals surface area contributed by atoms with Crippen molar-refractivity contribution < 1.29 is 4.39 Å². The molecule has 1 aromatic rings. The number of piperidine rings is 1. The second-order valence-electron chi connectivity index (χ2n) is 5.49. The van der Waals surface area contributed by atoms with Crippen LogP contribution in [0.3, 0.4) is 0 Å². The number of rotatable bonds is 3. The normalized spacial score (nSPS) is 24.3. The second-order valence-corrected chi connectivity index (χ2v) is 5.49. The molecule has 1 aliphatic heterocycles. The molecule has 1 N–H and O–H groups in total. The highest BCUT2D eigenvalue weighted by Gasteiger charge is 2.24. The second kappa shape index (κ2) is 5.70. The first-order chi connectivity index (χ1) is 8.61. The smallest absolute Gasteiger partial charge is 0.123 e. The Morgan fingerprint density at radius 2 is 2.11 bits per heavy atom. The van der Waals surface area contributed by atoms with Gasteiger partial charge in [0.25, 0.3) is 0 Å². The van der Waals surface area contributed by atoms with Crippen LogP contribution in [0.25, 0.3) is 0 Å². The Balaban J connectivity index is 2.30. The van der Waals surface area contributed by atoms with Gasteiger partial charge in [0.05, 0.1) is 0 Å². The van der Waals surface area contributed by atoms with Gasteiger partial charge in [-0.1, -0.05) is 6.92 Å². The van der Waals surface area contributed by atoms with Crippen LogP contribution in [0.5, 0.6) is 0 Å². The predicted molar refractivity (Wildman–Crippen MR) is 74.4 cm³/mol. The first-order valence-electron chi connectivity index (χ1n) is 6.81. The standard InChI is InChI=1S/C15H23FN2/c1-11-4-5-12(2)18(10-11)15-7-6-14(16)8-13(15)9-17-3/h6-8,11-12,17H,4-5,9-10H2,1-3H3. The zero-order valence-electron chi connectivity index (χ0n) is 11.5. The fraction of sp³-hybridized carbons (Fsp3) is 0.600. The van der Waals surface area contributed by atoms with Gasteiger partial charge in [0.15, 0.2) is 0 Å². The van der Waals surface area contributed by atoms with Crippen LogP contribution in [0, 0.1) is 11.7 Å². The summed E-state index contributed by atoms with van der Waals surface area (Å²) in [4.78, 5) is 2.43. The van der Waals surface area contributed by atoms with Gasteiger partial charge in [0, 0.05) is 24.8 Å². The SMILES string of the molecule is CNCc1cc(F)ccc1N1CC(C)CCC1C. The zero-order valence-corrected chi connectivity index (χ0v) is 11.5. The molecule has 0 amide bonds. The minimum absolute atomic E-state index is 0.151. The van der Waals surface area contributed by atoms with Gasteiger partial charge in [-0.05, 0) is 56.5 Å². The van der Waals surface area contributed by atoms with Crippen molar-refractivity contribution in [3.63, 3.8) is 0 Å². The lowest BCUT2D eigenvalue weighted by atomic mass is 9.93. The van der Waals surface area contributed by atoms with Crippen molar-refractivity contribution in [1.29, 1.82) is 0 Å². The van der Waals surface area contributed by atoms with Crippen LogP contribution in [-0.2, 0) is 6.54 Å². The van der Waals surface area contributed by atoms with E-state index in [0.717, 1.165) is 12.1 Å². The summed E-state index contributed by atoms with van der Waals surface area (Å²) < 4.78 is 13.4. The highest BCUT2D eigenvalue weighted by atomic mass is 19.1. The Bertz CT molecular complexity index is 405. The minimum atomic E-state index is -0.151. The fourth-order valence-electron chi connectivity index (χ4n) is 2.79. The molecule has 2 unspecified atom stereocenters. The van der Waals surface area contributed by atoms with Crippen molar-refractivity contribution >= 4 is 5.69 Å². The molecule has 1 fully saturated rings. The van der Waals surface area contributed by atoms with Crippen LogP contribution in [0.2, 0.25) is 0 Å². The zero-order chi connectivity index (χ0) is 13.1. The van der Waals surface area contributed by atoms with E-state index in [4.69, 9.17) is 0 Å². The Labute approximate surface area is 109 Å². The van der Waals surface area contributed by atoms with E-state index in [1.165, 1.54) is 18.5 Å². The van der Waals surface area contributed by atoms with Gasteiger partial charge >= 0.3 is 0 Å². The molecule has 1 saturated heterocycles. The number of hydrogen-bond donors (Lipinski definition) is 1. The van der Waals surface area contributed by atoms with E-state index in [9.17, 15) is 4.39 Å². The maximum absolute atomic E-state index is 13.4. The lowest BCUT2D eigenvalue weighted by molar-refractivity contribution is 0.389. The van der Waals surface area contributed by atoms with Crippen molar-refractivity contribution in [2.45, 2.75) is 39.3 Å². The molecule has 18 heavy (non-hydrogen) atoms. The quantitative estimate of drug-likeness (QED) is 0.886. The van der Waals surface area contributed by atoms with Gasteiger partial charge in [0.2, 0.25) is 0 Å². The lowest BCUT2D eigenvalue weighted by Crippen LogP contribution is -2.41. The van der Waals surface area contributed by atoms with Gasteiger partial charge in [-0.15, -0.1) is 0 Å². The number of nitrogens with one attached hydrogen (secondary N) is 1. The third-order valence-corrected chi connectivity index (χ3v) is 3.84. The van der Waals surface area contributed by atoms with E-state index in [0.29, 0.717) is 18.5 Å². The van der Waals surface area contributed by atoms with E-state index < -0.39 is 0 Å². The molecule has 100 valence electrons. The summed E-state index contributed by atoms with van der Waals surface area (Å²) >= 11 is 0. The average molecular weight is 250 g/mol. The summed E-state index contributed by atoms with van der Waals surface area (Å²) in [7, 11) is 1.90. The van der Waals surface area contributed by atoms with E-state index in [1.807, 2.05) is 13.1 Å². The summed E-state index contributed by atoms with van der Waals surface area (Å²) in [6.07, 6.45) is 2.51. The van der Waals surface area contributed by atoms with E-state index in [-0.39, 0.29) is 5.82 Å². The van der Waals surface area contributed by atoms with Gasteiger partial charge in [-0.3, -0.25) is 0 Å².